The number of nitrogens with one attached hydrogen (secondary N) is 1. The maximum absolute atomic E-state index is 12.7. The van der Waals surface area contributed by atoms with E-state index in [2.05, 4.69) is 21.2 Å². The maximum atomic E-state index is 12.7. The molecule has 0 spiro atoms. The van der Waals surface area contributed by atoms with Gasteiger partial charge in [-0.05, 0) is 43.7 Å². The molecule has 1 N–H and O–H groups in total. The van der Waals surface area contributed by atoms with Gasteiger partial charge in [-0.3, -0.25) is 9.59 Å². The smallest absolute Gasteiger partial charge is 0.261 e. The van der Waals surface area contributed by atoms with Crippen molar-refractivity contribution in [2.24, 2.45) is 0 Å². The topological polar surface area (TPSA) is 58.6 Å². The lowest BCUT2D eigenvalue weighted by Gasteiger charge is -2.28. The summed E-state index contributed by atoms with van der Waals surface area (Å²) in [4.78, 5) is 26.3. The van der Waals surface area contributed by atoms with Gasteiger partial charge in [-0.2, -0.15) is 0 Å². The molecule has 0 bridgehead atoms. The van der Waals surface area contributed by atoms with Crippen LogP contribution >= 0.6 is 15.9 Å². The summed E-state index contributed by atoms with van der Waals surface area (Å²) in [7, 11) is 1.56. The zero-order chi connectivity index (χ0) is 19.1. The van der Waals surface area contributed by atoms with E-state index in [0.717, 1.165) is 15.6 Å². The number of hydrogen-bond acceptors (Lipinski definition) is 3. The van der Waals surface area contributed by atoms with Crippen molar-refractivity contribution in [2.45, 2.75) is 26.4 Å². The van der Waals surface area contributed by atoms with E-state index in [1.807, 2.05) is 55.5 Å². The number of amides is 2. The minimum atomic E-state index is -0.604. The third-order valence-corrected chi connectivity index (χ3v) is 4.53. The molecule has 0 fully saturated rings. The Kier molecular flexibility index (Phi) is 7.21. The molecular weight excluding hydrogens is 396 g/mol. The summed E-state index contributed by atoms with van der Waals surface area (Å²) < 4.78 is 6.52. The van der Waals surface area contributed by atoms with Crippen LogP contribution in [0, 0.1) is 6.92 Å². The molecule has 0 aliphatic heterocycles. The van der Waals surface area contributed by atoms with Crippen LogP contribution in [0.15, 0.2) is 53.0 Å². The van der Waals surface area contributed by atoms with E-state index in [9.17, 15) is 9.59 Å². The maximum Gasteiger partial charge on any atom is 0.261 e. The van der Waals surface area contributed by atoms with Gasteiger partial charge in [-0.1, -0.05) is 45.8 Å². The second-order valence-electron chi connectivity index (χ2n) is 6.04. The number of carbonyl (C=O) groups is 2. The second kappa shape index (κ2) is 9.38. The van der Waals surface area contributed by atoms with Crippen LogP contribution in [0.3, 0.4) is 0 Å². The summed E-state index contributed by atoms with van der Waals surface area (Å²) in [6.45, 7) is 3.89. The minimum Gasteiger partial charge on any atom is -0.484 e. The average Bonchev–Trinajstić information content (AvgIpc) is 2.64. The number of benzene rings is 2. The first-order valence-corrected chi connectivity index (χ1v) is 9.15. The Morgan fingerprint density at radius 2 is 1.88 bits per heavy atom. The van der Waals surface area contributed by atoms with Crippen LogP contribution in [0.2, 0.25) is 0 Å². The molecule has 138 valence electrons. The highest BCUT2D eigenvalue weighted by Crippen LogP contribution is 2.16. The Morgan fingerprint density at radius 1 is 1.19 bits per heavy atom. The third-order valence-electron chi connectivity index (χ3n) is 4.04. The number of carbonyl (C=O) groups excluding carboxylic acids is 2. The van der Waals surface area contributed by atoms with Crippen LogP contribution in [0.5, 0.6) is 5.75 Å². The Bertz CT molecular complexity index is 762. The normalized spacial score (nSPS) is 11.5. The van der Waals surface area contributed by atoms with Gasteiger partial charge in [0, 0.05) is 18.1 Å². The van der Waals surface area contributed by atoms with Crippen molar-refractivity contribution in [3.05, 3.63) is 64.1 Å². The predicted octanol–water partition coefficient (Wildman–Crippen LogP) is 3.30. The number of rotatable bonds is 7. The highest BCUT2D eigenvalue weighted by Gasteiger charge is 2.25. The van der Waals surface area contributed by atoms with Gasteiger partial charge in [0.2, 0.25) is 5.91 Å². The molecule has 5 nitrogen and oxygen atoms in total. The minimum absolute atomic E-state index is 0.127. The molecule has 1 atom stereocenters. The summed E-state index contributed by atoms with van der Waals surface area (Å²) in [6, 6.07) is 14.5. The highest BCUT2D eigenvalue weighted by atomic mass is 79.9. The molecule has 6 heteroatoms. The molecular formula is C20H23BrN2O3. The highest BCUT2D eigenvalue weighted by molar-refractivity contribution is 9.10. The van der Waals surface area contributed by atoms with E-state index in [0.29, 0.717) is 12.3 Å². The largest absolute Gasteiger partial charge is 0.484 e. The van der Waals surface area contributed by atoms with Gasteiger partial charge in [-0.25, -0.2) is 0 Å². The van der Waals surface area contributed by atoms with Crippen molar-refractivity contribution in [3.63, 3.8) is 0 Å². The average molecular weight is 419 g/mol. The van der Waals surface area contributed by atoms with Crippen LogP contribution < -0.4 is 10.1 Å². The van der Waals surface area contributed by atoms with Gasteiger partial charge < -0.3 is 15.0 Å². The van der Waals surface area contributed by atoms with Crippen LogP contribution in [0.25, 0.3) is 0 Å². The van der Waals surface area contributed by atoms with Crippen LogP contribution in [-0.4, -0.2) is 36.4 Å². The van der Waals surface area contributed by atoms with Gasteiger partial charge in [0.15, 0.2) is 6.61 Å². The zero-order valence-electron chi connectivity index (χ0n) is 15.2. The van der Waals surface area contributed by atoms with Gasteiger partial charge in [0.1, 0.15) is 11.8 Å². The first-order chi connectivity index (χ1) is 12.4. The van der Waals surface area contributed by atoms with Gasteiger partial charge in [0.05, 0.1) is 0 Å². The molecule has 0 heterocycles. The fourth-order valence-electron chi connectivity index (χ4n) is 2.49. The third kappa shape index (κ3) is 5.59. The second-order valence-corrected chi connectivity index (χ2v) is 6.96. The van der Waals surface area contributed by atoms with E-state index in [4.69, 9.17) is 4.74 Å². The van der Waals surface area contributed by atoms with E-state index in [1.54, 1.807) is 14.0 Å². The molecule has 0 aliphatic carbocycles. The number of nitrogens with zero attached hydrogens (tertiary/aromatic N) is 1. The molecule has 0 aliphatic rings. The lowest BCUT2D eigenvalue weighted by Crippen LogP contribution is -2.48. The summed E-state index contributed by atoms with van der Waals surface area (Å²) in [5, 5.41) is 2.59. The fourth-order valence-corrected chi connectivity index (χ4v) is 2.93. The first kappa shape index (κ1) is 20.0. The molecule has 2 aromatic carbocycles. The van der Waals surface area contributed by atoms with E-state index in [1.165, 1.54) is 4.90 Å². The van der Waals surface area contributed by atoms with Gasteiger partial charge in [0.25, 0.3) is 5.91 Å². The van der Waals surface area contributed by atoms with Crippen molar-refractivity contribution in [1.82, 2.24) is 10.2 Å². The van der Waals surface area contributed by atoms with E-state index >= 15 is 0 Å². The molecule has 2 amide bonds. The Balaban J connectivity index is 2.12. The molecule has 0 radical (unpaired) electrons. The first-order valence-electron chi connectivity index (χ1n) is 8.35. The Morgan fingerprint density at radius 3 is 2.50 bits per heavy atom. The Labute approximate surface area is 162 Å². The number of hydrogen-bond donors (Lipinski definition) is 1. The van der Waals surface area contributed by atoms with Crippen LogP contribution in [0.4, 0.5) is 0 Å². The lowest BCUT2D eigenvalue weighted by molar-refractivity contribution is -0.142. The standard InChI is InChI=1S/C20H23BrN2O3/c1-14-7-9-18(10-8-14)26-13-19(24)23(15(2)20(25)22-3)12-16-5-4-6-17(21)11-16/h4-11,15H,12-13H2,1-3H3,(H,22,25). The van der Waals surface area contributed by atoms with E-state index in [-0.39, 0.29) is 18.4 Å². The molecule has 1 unspecified atom stereocenters. The number of ether oxygens (including phenoxy) is 1. The number of aryl methyl sites for hydroxylation is 1. The van der Waals surface area contributed by atoms with Crippen molar-refractivity contribution in [1.29, 1.82) is 0 Å². The van der Waals surface area contributed by atoms with Gasteiger partial charge >= 0.3 is 0 Å². The molecule has 0 saturated carbocycles. The molecule has 2 aromatic rings. The van der Waals surface area contributed by atoms with Crippen molar-refractivity contribution in [2.75, 3.05) is 13.7 Å². The van der Waals surface area contributed by atoms with Crippen LogP contribution in [-0.2, 0) is 16.1 Å². The SMILES string of the molecule is CNC(=O)C(C)N(Cc1cccc(Br)c1)C(=O)COc1ccc(C)cc1. The molecule has 0 saturated heterocycles. The fraction of sp³-hybridized carbons (Fsp3) is 0.300. The van der Waals surface area contributed by atoms with Crippen molar-refractivity contribution < 1.29 is 14.3 Å². The van der Waals surface area contributed by atoms with Crippen molar-refractivity contribution in [3.8, 4) is 5.75 Å². The lowest BCUT2D eigenvalue weighted by atomic mass is 10.1. The summed E-state index contributed by atoms with van der Waals surface area (Å²) >= 11 is 3.43. The zero-order valence-corrected chi connectivity index (χ0v) is 16.7. The van der Waals surface area contributed by atoms with Gasteiger partial charge in [-0.15, -0.1) is 0 Å². The predicted molar refractivity (Wildman–Crippen MR) is 105 cm³/mol. The summed E-state index contributed by atoms with van der Waals surface area (Å²) in [5.74, 6) is 0.157. The number of likely N-dealkylation sites (N-methyl/N-ethyl adjacent to an activating group) is 1. The molecule has 0 aromatic heterocycles. The number of halogens is 1. The van der Waals surface area contributed by atoms with Crippen LogP contribution in [0.1, 0.15) is 18.1 Å². The quantitative estimate of drug-likeness (QED) is 0.750. The molecule has 26 heavy (non-hydrogen) atoms. The molecule has 2 rings (SSSR count). The van der Waals surface area contributed by atoms with Crippen molar-refractivity contribution >= 4 is 27.7 Å². The summed E-state index contributed by atoms with van der Waals surface area (Å²) in [6.07, 6.45) is 0. The summed E-state index contributed by atoms with van der Waals surface area (Å²) in [5.41, 5.74) is 2.05. The monoisotopic (exact) mass is 418 g/mol. The Hall–Kier alpha value is -2.34. The van der Waals surface area contributed by atoms with E-state index < -0.39 is 6.04 Å².